The van der Waals surface area contributed by atoms with E-state index in [1.165, 1.54) is 24.0 Å². The summed E-state index contributed by atoms with van der Waals surface area (Å²) >= 11 is 1.41. The summed E-state index contributed by atoms with van der Waals surface area (Å²) in [5.41, 5.74) is 0.972. The van der Waals surface area contributed by atoms with Crippen molar-refractivity contribution >= 4 is 35.3 Å². The molecule has 7 nitrogen and oxygen atoms in total. The maximum absolute atomic E-state index is 12.9. The van der Waals surface area contributed by atoms with Crippen LogP contribution in [0, 0.1) is 6.92 Å². The predicted molar refractivity (Wildman–Crippen MR) is 106 cm³/mol. The van der Waals surface area contributed by atoms with Crippen molar-refractivity contribution in [3.8, 4) is 5.75 Å². The summed E-state index contributed by atoms with van der Waals surface area (Å²) in [6.45, 7) is 1.57. The molecule has 0 spiro atoms. The van der Waals surface area contributed by atoms with Gasteiger partial charge in [-0.1, -0.05) is 11.8 Å². The normalized spacial score (nSPS) is 13.4. The first-order valence-corrected chi connectivity index (χ1v) is 9.18. The molecule has 8 heteroatoms. The van der Waals surface area contributed by atoms with Crippen LogP contribution < -0.4 is 10.5 Å². The fraction of sp³-hybridized carbons (Fsp3) is 0.100. The number of hydrogen-bond acceptors (Lipinski definition) is 7. The minimum Gasteiger partial charge on any atom is -0.507 e. The molecule has 1 N–H and O–H groups in total. The smallest absolute Gasteiger partial charge is 0.348 e. The molecular weight excluding hydrogens is 378 g/mol. The number of aliphatic imine (C=N–C) groups is 1. The molecule has 3 aromatic rings. The molecule has 0 saturated heterocycles. The topological polar surface area (TPSA) is 96.0 Å². The van der Waals surface area contributed by atoms with Gasteiger partial charge in [0.2, 0.25) is 0 Å². The first-order chi connectivity index (χ1) is 13.4. The van der Waals surface area contributed by atoms with Crippen molar-refractivity contribution in [2.45, 2.75) is 16.8 Å². The third kappa shape index (κ3) is 3.18. The van der Waals surface area contributed by atoms with Crippen LogP contribution in [-0.4, -0.2) is 29.3 Å². The minimum atomic E-state index is -0.677. The van der Waals surface area contributed by atoms with Crippen molar-refractivity contribution in [1.82, 2.24) is 4.98 Å². The molecular formula is C20H15N3O4S. The van der Waals surface area contributed by atoms with Gasteiger partial charge < -0.3 is 14.4 Å². The van der Waals surface area contributed by atoms with Gasteiger partial charge in [0, 0.05) is 30.4 Å². The van der Waals surface area contributed by atoms with Crippen molar-refractivity contribution in [1.29, 1.82) is 0 Å². The summed E-state index contributed by atoms with van der Waals surface area (Å²) in [6.07, 6.45) is 2.92. The molecule has 0 bridgehead atoms. The number of pyridine rings is 1. The number of carbonyl (C=O) groups excluding carboxylic acids is 1. The number of aromatic nitrogens is 1. The van der Waals surface area contributed by atoms with Crippen LogP contribution in [0.2, 0.25) is 0 Å². The van der Waals surface area contributed by atoms with Crippen LogP contribution in [-0.2, 0) is 0 Å². The van der Waals surface area contributed by atoms with E-state index in [-0.39, 0.29) is 17.2 Å². The Morgan fingerprint density at radius 2 is 2.07 bits per heavy atom. The van der Waals surface area contributed by atoms with Crippen LogP contribution >= 0.6 is 11.8 Å². The number of rotatable bonds is 2. The zero-order valence-electron chi connectivity index (χ0n) is 15.0. The summed E-state index contributed by atoms with van der Waals surface area (Å²) in [6, 6.07) is 10.2. The molecule has 2 aromatic heterocycles. The highest BCUT2D eigenvalue weighted by atomic mass is 32.2. The molecule has 140 valence electrons. The van der Waals surface area contributed by atoms with Crippen LogP contribution in [0.1, 0.15) is 21.7 Å². The number of fused-ring (bicyclic) bond motifs is 2. The van der Waals surface area contributed by atoms with Crippen LogP contribution in [0.15, 0.2) is 66.7 Å². The Morgan fingerprint density at radius 3 is 2.86 bits per heavy atom. The van der Waals surface area contributed by atoms with E-state index in [1.54, 1.807) is 49.3 Å². The summed E-state index contributed by atoms with van der Waals surface area (Å²) in [7, 11) is 1.70. The molecule has 0 aliphatic carbocycles. The zero-order valence-corrected chi connectivity index (χ0v) is 15.9. The Morgan fingerprint density at radius 1 is 1.25 bits per heavy atom. The minimum absolute atomic E-state index is 0.0463. The van der Waals surface area contributed by atoms with E-state index >= 15 is 0 Å². The Bertz CT molecular complexity index is 1190. The Balaban J connectivity index is 1.73. The lowest BCUT2D eigenvalue weighted by Gasteiger charge is -2.16. The molecule has 4 rings (SSSR count). The molecule has 28 heavy (non-hydrogen) atoms. The average molecular weight is 393 g/mol. The third-order valence-corrected chi connectivity index (χ3v) is 5.33. The van der Waals surface area contributed by atoms with Gasteiger partial charge in [-0.25, -0.2) is 9.78 Å². The van der Waals surface area contributed by atoms with Gasteiger partial charge >= 0.3 is 5.63 Å². The standard InChI is InChI=1S/C20H15N3O4S/c1-11-8-16(24)14(20(26)27-11)10-22-12-5-6-17-13(9-12)19(25)23(2)15-4-3-7-21-18(15)28-17/h3-10,24H,1-2H3. The number of carbonyl (C=O) groups is 1. The van der Waals surface area contributed by atoms with Gasteiger partial charge in [-0.15, -0.1) is 0 Å². The molecule has 0 unspecified atom stereocenters. The predicted octanol–water partition coefficient (Wildman–Crippen LogP) is 3.54. The lowest BCUT2D eigenvalue weighted by molar-refractivity contribution is 0.0990. The second kappa shape index (κ2) is 6.97. The van der Waals surface area contributed by atoms with Crippen molar-refractivity contribution in [2.75, 3.05) is 11.9 Å². The van der Waals surface area contributed by atoms with Gasteiger partial charge in [-0.2, -0.15) is 0 Å². The fourth-order valence-electron chi connectivity index (χ4n) is 2.83. The van der Waals surface area contributed by atoms with E-state index in [2.05, 4.69) is 9.98 Å². The van der Waals surface area contributed by atoms with E-state index in [0.29, 0.717) is 17.0 Å². The van der Waals surface area contributed by atoms with Gasteiger partial charge in [-0.3, -0.25) is 9.79 Å². The Kier molecular flexibility index (Phi) is 4.48. The highest BCUT2D eigenvalue weighted by Gasteiger charge is 2.25. The maximum Gasteiger partial charge on any atom is 0.348 e. The van der Waals surface area contributed by atoms with Gasteiger partial charge in [-0.05, 0) is 37.3 Å². The van der Waals surface area contributed by atoms with E-state index in [0.717, 1.165) is 15.6 Å². The van der Waals surface area contributed by atoms with E-state index in [9.17, 15) is 14.7 Å². The lowest BCUT2D eigenvalue weighted by Crippen LogP contribution is -2.26. The highest BCUT2D eigenvalue weighted by molar-refractivity contribution is 7.99. The summed E-state index contributed by atoms with van der Waals surface area (Å²) in [5.74, 6) is -0.0762. The van der Waals surface area contributed by atoms with Crippen LogP contribution in [0.4, 0.5) is 11.4 Å². The molecule has 0 atom stereocenters. The highest BCUT2D eigenvalue weighted by Crippen LogP contribution is 2.40. The molecule has 1 aromatic carbocycles. The average Bonchev–Trinajstić information content (AvgIpc) is 2.77. The quantitative estimate of drug-likeness (QED) is 0.669. The summed E-state index contributed by atoms with van der Waals surface area (Å²) < 4.78 is 4.97. The summed E-state index contributed by atoms with van der Waals surface area (Å²) in [4.78, 5) is 35.7. The molecule has 3 heterocycles. The Hall–Kier alpha value is -3.39. The number of benzene rings is 1. The van der Waals surface area contributed by atoms with E-state index in [4.69, 9.17) is 4.42 Å². The summed E-state index contributed by atoms with van der Waals surface area (Å²) in [5, 5.41) is 10.7. The SMILES string of the molecule is Cc1cc(O)c(C=Nc2ccc3c(c2)C(=O)N(C)c2cccnc2S3)c(=O)o1. The van der Waals surface area contributed by atoms with Crippen LogP contribution in [0.3, 0.4) is 0 Å². The number of aryl methyl sites for hydroxylation is 1. The van der Waals surface area contributed by atoms with Gasteiger partial charge in [0.1, 0.15) is 22.1 Å². The number of nitrogens with zero attached hydrogens (tertiary/aromatic N) is 3. The molecule has 1 aliphatic rings. The number of aromatic hydroxyl groups is 1. The maximum atomic E-state index is 12.9. The number of amides is 1. The molecule has 0 saturated carbocycles. The largest absolute Gasteiger partial charge is 0.507 e. The lowest BCUT2D eigenvalue weighted by atomic mass is 10.1. The monoisotopic (exact) mass is 393 g/mol. The van der Waals surface area contributed by atoms with E-state index < -0.39 is 5.63 Å². The zero-order chi connectivity index (χ0) is 19.8. The number of anilines is 1. The fourth-order valence-corrected chi connectivity index (χ4v) is 3.85. The Labute approximate surface area is 164 Å². The third-order valence-electron chi connectivity index (χ3n) is 4.25. The molecule has 0 radical (unpaired) electrons. The van der Waals surface area contributed by atoms with Crippen molar-refractivity contribution in [3.05, 3.63) is 69.9 Å². The van der Waals surface area contributed by atoms with E-state index in [1.807, 2.05) is 6.07 Å². The second-order valence-corrected chi connectivity index (χ2v) is 7.21. The molecule has 1 amide bonds. The van der Waals surface area contributed by atoms with Crippen molar-refractivity contribution < 1.29 is 14.3 Å². The first-order valence-electron chi connectivity index (χ1n) is 8.37. The van der Waals surface area contributed by atoms with Gasteiger partial charge in [0.05, 0.1) is 16.9 Å². The van der Waals surface area contributed by atoms with Gasteiger partial charge in [0.15, 0.2) is 0 Å². The number of hydrogen-bond donors (Lipinski definition) is 1. The van der Waals surface area contributed by atoms with Crippen molar-refractivity contribution in [2.24, 2.45) is 4.99 Å². The van der Waals surface area contributed by atoms with Crippen molar-refractivity contribution in [3.63, 3.8) is 0 Å². The second-order valence-electron chi connectivity index (χ2n) is 6.18. The molecule has 1 aliphatic heterocycles. The van der Waals surface area contributed by atoms with Crippen LogP contribution in [0.25, 0.3) is 0 Å². The van der Waals surface area contributed by atoms with Gasteiger partial charge in [0.25, 0.3) is 5.91 Å². The molecule has 0 fully saturated rings. The van der Waals surface area contributed by atoms with Crippen LogP contribution in [0.5, 0.6) is 5.75 Å². The first kappa shape index (κ1) is 18.0.